The Morgan fingerprint density at radius 1 is 0.885 bits per heavy atom. The number of anilines is 1. The summed E-state index contributed by atoms with van der Waals surface area (Å²) in [5, 5.41) is 0. The third kappa shape index (κ3) is 5.43. The monoisotopic (exact) mass is 472 g/mol. The van der Waals surface area contributed by atoms with Gasteiger partial charge in [0.1, 0.15) is 11.4 Å². The van der Waals surface area contributed by atoms with Crippen LogP contribution in [-0.2, 0) is 20.0 Å². The molecule has 0 atom stereocenters. The summed E-state index contributed by atoms with van der Waals surface area (Å²) in [6.45, 7) is -1.70. The van der Waals surface area contributed by atoms with E-state index in [1.165, 1.54) is 22.9 Å². The van der Waals surface area contributed by atoms with Gasteiger partial charge in [0.2, 0.25) is 10.0 Å². The lowest BCUT2D eigenvalue weighted by Crippen LogP contribution is -2.33. The van der Waals surface area contributed by atoms with Crippen molar-refractivity contribution in [1.82, 2.24) is 4.72 Å². The van der Waals surface area contributed by atoms with E-state index in [9.17, 15) is 30.0 Å². The first-order chi connectivity index (χ1) is 11.9. The summed E-state index contributed by atoms with van der Waals surface area (Å²) in [5.41, 5.74) is 0.0514. The Hall–Kier alpha value is -1.63. The summed E-state index contributed by atoms with van der Waals surface area (Å²) in [6.07, 6.45) is -4.69. The fourth-order valence-electron chi connectivity index (χ4n) is 1.84. The normalized spacial score (nSPS) is 12.8. The van der Waals surface area contributed by atoms with Crippen molar-refractivity contribution < 1.29 is 30.0 Å². The maximum absolute atomic E-state index is 12.3. The molecule has 0 unspecified atom stereocenters. The Morgan fingerprint density at radius 3 is 2.00 bits per heavy atom. The molecule has 0 spiro atoms. The van der Waals surface area contributed by atoms with Gasteiger partial charge in [-0.2, -0.15) is 13.2 Å². The van der Waals surface area contributed by atoms with E-state index >= 15 is 0 Å². The molecule has 0 amide bonds. The number of halogens is 4. The number of hydrogen-bond acceptors (Lipinski definition) is 4. The zero-order chi connectivity index (χ0) is 19.6. The fourth-order valence-corrected chi connectivity index (χ4v) is 4.91. The van der Waals surface area contributed by atoms with Crippen molar-refractivity contribution in [2.45, 2.75) is 16.0 Å². The molecule has 2 aromatic rings. The molecule has 0 aliphatic rings. The van der Waals surface area contributed by atoms with Crippen LogP contribution in [0, 0.1) is 0 Å². The minimum Gasteiger partial charge on any atom is -0.280 e. The summed E-state index contributed by atoms with van der Waals surface area (Å²) in [5.74, 6) is 0. The van der Waals surface area contributed by atoms with Crippen LogP contribution in [0.5, 0.6) is 0 Å². The Kier molecular flexibility index (Phi) is 6.00. The molecule has 0 aromatic heterocycles. The van der Waals surface area contributed by atoms with Gasteiger partial charge in [-0.25, -0.2) is 21.6 Å². The second-order valence-electron chi connectivity index (χ2n) is 5.00. The van der Waals surface area contributed by atoms with Crippen molar-refractivity contribution in [2.24, 2.45) is 0 Å². The average molecular weight is 473 g/mol. The number of rotatable bonds is 6. The number of benzene rings is 2. The Bertz CT molecular complexity index is 992. The second kappa shape index (κ2) is 7.55. The van der Waals surface area contributed by atoms with Crippen molar-refractivity contribution in [1.29, 1.82) is 0 Å². The van der Waals surface area contributed by atoms with E-state index < -0.39 is 37.7 Å². The van der Waals surface area contributed by atoms with Crippen molar-refractivity contribution in [3.05, 3.63) is 53.0 Å². The van der Waals surface area contributed by atoms with E-state index in [4.69, 9.17) is 0 Å². The topological polar surface area (TPSA) is 92.3 Å². The summed E-state index contributed by atoms with van der Waals surface area (Å²) in [4.78, 5) is -0.450. The van der Waals surface area contributed by atoms with Crippen LogP contribution < -0.4 is 9.44 Å². The molecular weight excluding hydrogens is 461 g/mol. The number of alkyl halides is 3. The van der Waals surface area contributed by atoms with Crippen molar-refractivity contribution in [3.63, 3.8) is 0 Å². The largest absolute Gasteiger partial charge is 0.402 e. The summed E-state index contributed by atoms with van der Waals surface area (Å²) in [6, 6.07) is 10.3. The number of nitrogens with one attached hydrogen (secondary N) is 2. The summed E-state index contributed by atoms with van der Waals surface area (Å²) in [7, 11) is -8.30. The van der Waals surface area contributed by atoms with E-state index in [-0.39, 0.29) is 10.6 Å². The molecule has 142 valence electrons. The van der Waals surface area contributed by atoms with E-state index in [1.807, 2.05) is 0 Å². The molecular formula is C14H12BrF3N2O4S2. The smallest absolute Gasteiger partial charge is 0.280 e. The van der Waals surface area contributed by atoms with Crippen LogP contribution in [0.2, 0.25) is 0 Å². The highest BCUT2D eigenvalue weighted by Crippen LogP contribution is 2.24. The average Bonchev–Trinajstić information content (AvgIpc) is 2.53. The molecule has 0 aliphatic carbocycles. The van der Waals surface area contributed by atoms with Gasteiger partial charge in [0, 0.05) is 10.2 Å². The first-order valence-corrected chi connectivity index (χ1v) is 10.6. The summed E-state index contributed by atoms with van der Waals surface area (Å²) >= 11 is 3.12. The highest BCUT2D eigenvalue weighted by Gasteiger charge is 2.30. The molecule has 2 rings (SSSR count). The molecule has 12 heteroatoms. The number of hydrogen-bond donors (Lipinski definition) is 2. The van der Waals surface area contributed by atoms with Gasteiger partial charge in [0.25, 0.3) is 10.0 Å². The van der Waals surface area contributed by atoms with Crippen LogP contribution in [0.15, 0.2) is 62.8 Å². The molecule has 0 saturated carbocycles. The zero-order valence-corrected chi connectivity index (χ0v) is 16.0. The Balaban J connectivity index is 2.19. The SMILES string of the molecule is O=S(=O)(NCC(F)(F)F)c1ccc(NS(=O)(=O)c2ccccc2Br)cc1. The maximum Gasteiger partial charge on any atom is 0.402 e. The van der Waals surface area contributed by atoms with Crippen LogP contribution in [-0.4, -0.2) is 29.6 Å². The third-order valence-corrected chi connectivity index (χ3v) is 6.82. The lowest BCUT2D eigenvalue weighted by molar-refractivity contribution is -0.121. The molecule has 0 bridgehead atoms. The predicted octanol–water partition coefficient (Wildman–Crippen LogP) is 3.09. The zero-order valence-electron chi connectivity index (χ0n) is 12.8. The van der Waals surface area contributed by atoms with Gasteiger partial charge < -0.3 is 0 Å². The summed E-state index contributed by atoms with van der Waals surface area (Å²) < 4.78 is 88.6. The van der Waals surface area contributed by atoms with Crippen molar-refractivity contribution >= 4 is 41.7 Å². The highest BCUT2D eigenvalue weighted by molar-refractivity contribution is 9.10. The third-order valence-electron chi connectivity index (χ3n) is 3.01. The predicted molar refractivity (Wildman–Crippen MR) is 92.6 cm³/mol. The molecule has 0 aliphatic heterocycles. The lowest BCUT2D eigenvalue weighted by Gasteiger charge is -2.11. The van der Waals surface area contributed by atoms with Gasteiger partial charge in [0.15, 0.2) is 0 Å². The molecule has 0 radical (unpaired) electrons. The molecule has 6 nitrogen and oxygen atoms in total. The van der Waals surface area contributed by atoms with Crippen molar-refractivity contribution in [2.75, 3.05) is 11.3 Å². The van der Waals surface area contributed by atoms with Crippen LogP contribution in [0.3, 0.4) is 0 Å². The quantitative estimate of drug-likeness (QED) is 0.675. The molecule has 2 N–H and O–H groups in total. The Morgan fingerprint density at radius 2 is 1.46 bits per heavy atom. The van der Waals surface area contributed by atoms with Gasteiger partial charge in [0.05, 0.1) is 4.90 Å². The highest BCUT2D eigenvalue weighted by atomic mass is 79.9. The van der Waals surface area contributed by atoms with Crippen molar-refractivity contribution in [3.8, 4) is 0 Å². The van der Waals surface area contributed by atoms with E-state index in [0.29, 0.717) is 4.47 Å². The maximum atomic E-state index is 12.3. The molecule has 26 heavy (non-hydrogen) atoms. The lowest BCUT2D eigenvalue weighted by atomic mass is 10.3. The molecule has 0 saturated heterocycles. The standard InChI is InChI=1S/C14H12BrF3N2O4S2/c15-12-3-1-2-4-13(12)26(23,24)20-10-5-7-11(8-6-10)25(21,22)19-9-14(16,17)18/h1-8,19-20H,9H2. The van der Waals surface area contributed by atoms with Gasteiger partial charge in [-0.15, -0.1) is 0 Å². The van der Waals surface area contributed by atoms with E-state index in [2.05, 4.69) is 20.7 Å². The van der Waals surface area contributed by atoms with Crippen LogP contribution >= 0.6 is 15.9 Å². The Labute approximate surface area is 156 Å². The molecule has 2 aromatic carbocycles. The van der Waals surface area contributed by atoms with Gasteiger partial charge in [-0.05, 0) is 52.3 Å². The first kappa shape index (κ1) is 20.7. The van der Waals surface area contributed by atoms with Gasteiger partial charge >= 0.3 is 6.18 Å². The minimum absolute atomic E-state index is 0.0245. The second-order valence-corrected chi connectivity index (χ2v) is 9.27. The van der Waals surface area contributed by atoms with Crippen LogP contribution in [0.1, 0.15) is 0 Å². The number of sulfonamides is 2. The van der Waals surface area contributed by atoms with Gasteiger partial charge in [-0.1, -0.05) is 12.1 Å². The van der Waals surface area contributed by atoms with E-state index in [1.54, 1.807) is 6.07 Å². The first-order valence-electron chi connectivity index (χ1n) is 6.84. The van der Waals surface area contributed by atoms with Crippen LogP contribution in [0.4, 0.5) is 18.9 Å². The minimum atomic E-state index is -4.69. The van der Waals surface area contributed by atoms with Crippen LogP contribution in [0.25, 0.3) is 0 Å². The molecule has 0 fully saturated rings. The van der Waals surface area contributed by atoms with Gasteiger partial charge in [-0.3, -0.25) is 4.72 Å². The van der Waals surface area contributed by atoms with E-state index in [0.717, 1.165) is 24.3 Å². The molecule has 0 heterocycles. The fraction of sp³-hybridized carbons (Fsp3) is 0.143.